The highest BCUT2D eigenvalue weighted by Gasteiger charge is 2.62. The Morgan fingerprint density at radius 3 is 2.02 bits per heavy atom. The molecule has 9 heteroatoms. The molecule has 3 fully saturated rings. The van der Waals surface area contributed by atoms with Crippen LogP contribution in [0.4, 0.5) is 0 Å². The predicted octanol–water partition coefficient (Wildman–Crippen LogP) is 5.70. The Balaban J connectivity index is 1.26. The van der Waals surface area contributed by atoms with E-state index >= 15 is 0 Å². The number of hydrogen-bond donors (Lipinski definition) is 1. The van der Waals surface area contributed by atoms with Gasteiger partial charge < -0.3 is 5.11 Å². The van der Waals surface area contributed by atoms with Crippen LogP contribution in [-0.4, -0.2) is 38.5 Å². The summed E-state index contributed by atoms with van der Waals surface area (Å²) >= 11 is 3.01. The zero-order valence-corrected chi connectivity index (χ0v) is 24.7. The molecule has 2 aliphatic heterocycles. The molecule has 4 amide bonds. The van der Waals surface area contributed by atoms with Crippen LogP contribution in [0.15, 0.2) is 83.1 Å². The molecule has 8 rings (SSSR count). The number of aromatic hydroxyl groups is 1. The zero-order chi connectivity index (χ0) is 29.4. The molecule has 4 aromatic rings. The highest BCUT2D eigenvalue weighted by atomic mass is 32.1. The summed E-state index contributed by atoms with van der Waals surface area (Å²) in [6, 6.07) is 18.9. The average Bonchev–Trinajstić information content (AvgIpc) is 3.81. The normalized spacial score (nSPS) is 28.3. The van der Waals surface area contributed by atoms with Crippen molar-refractivity contribution < 1.29 is 24.3 Å². The van der Waals surface area contributed by atoms with Crippen LogP contribution in [0.25, 0.3) is 10.8 Å². The number of benzene rings is 2. The standard InChI is InChI=1S/C34H28N2O5S2/c37-26-12-9-18-5-1-2-8-21(18)28(26)29-22-10-11-23-27(33(40)35(31(23)38)16-19-6-3-13-42-19)24(22)15-25-30(29)34(41)36(32(25)39)17-20-7-4-14-43-20/h1-10,12-14,23-25,27,29-30,37H,11,15-17H2. The van der Waals surface area contributed by atoms with Gasteiger partial charge in [0.05, 0.1) is 36.8 Å². The molecule has 2 aromatic heterocycles. The zero-order valence-electron chi connectivity index (χ0n) is 23.1. The molecule has 4 aliphatic rings. The van der Waals surface area contributed by atoms with Gasteiger partial charge in [0.1, 0.15) is 5.75 Å². The number of amides is 4. The Morgan fingerprint density at radius 2 is 1.35 bits per heavy atom. The Kier molecular flexibility index (Phi) is 6.17. The number of carbonyl (C=O) groups excluding carboxylic acids is 4. The van der Waals surface area contributed by atoms with Crippen LogP contribution < -0.4 is 0 Å². The predicted molar refractivity (Wildman–Crippen MR) is 163 cm³/mol. The van der Waals surface area contributed by atoms with Crippen LogP contribution in [0.3, 0.4) is 0 Å². The van der Waals surface area contributed by atoms with E-state index in [1.807, 2.05) is 71.4 Å². The van der Waals surface area contributed by atoms with Gasteiger partial charge in [-0.05, 0) is 58.5 Å². The molecule has 2 aliphatic carbocycles. The Labute approximate surface area is 256 Å². The van der Waals surface area contributed by atoms with Crippen LogP contribution >= 0.6 is 22.7 Å². The van der Waals surface area contributed by atoms with E-state index in [1.165, 1.54) is 32.5 Å². The number of phenols is 1. The number of hydrogen-bond acceptors (Lipinski definition) is 7. The minimum absolute atomic E-state index is 0.0660. The minimum Gasteiger partial charge on any atom is -0.508 e. The highest BCUT2D eigenvalue weighted by molar-refractivity contribution is 7.10. The molecule has 2 aromatic carbocycles. The summed E-state index contributed by atoms with van der Waals surface area (Å²) in [6.45, 7) is 0.453. The monoisotopic (exact) mass is 608 g/mol. The fraction of sp³-hybridized carbons (Fsp3) is 0.294. The van der Waals surface area contributed by atoms with Crippen molar-refractivity contribution in [2.24, 2.45) is 29.6 Å². The maximum Gasteiger partial charge on any atom is 0.234 e. The van der Waals surface area contributed by atoms with Crippen LogP contribution in [0, 0.1) is 29.6 Å². The molecule has 7 nitrogen and oxygen atoms in total. The van der Waals surface area contributed by atoms with Gasteiger partial charge in [-0.25, -0.2) is 0 Å². The second-order valence-corrected chi connectivity index (χ2v) is 14.0. The van der Waals surface area contributed by atoms with Crippen LogP contribution in [0.1, 0.15) is 34.1 Å². The van der Waals surface area contributed by atoms with Gasteiger partial charge in [0.25, 0.3) is 0 Å². The molecule has 0 spiro atoms. The molecule has 0 radical (unpaired) electrons. The van der Waals surface area contributed by atoms with Crippen molar-refractivity contribution in [2.45, 2.75) is 31.8 Å². The molecular formula is C34H28N2O5S2. The van der Waals surface area contributed by atoms with E-state index in [0.29, 0.717) is 18.4 Å². The number of likely N-dealkylation sites (tertiary alicyclic amines) is 2. The van der Waals surface area contributed by atoms with Gasteiger partial charge >= 0.3 is 0 Å². The summed E-state index contributed by atoms with van der Waals surface area (Å²) in [5, 5.41) is 17.0. The Morgan fingerprint density at radius 1 is 0.698 bits per heavy atom. The fourth-order valence-corrected chi connectivity index (χ4v) is 9.47. The molecule has 0 bridgehead atoms. The van der Waals surface area contributed by atoms with Crippen molar-refractivity contribution in [3.8, 4) is 5.75 Å². The fourth-order valence-electron chi connectivity index (χ4n) is 8.08. The molecule has 1 N–H and O–H groups in total. The van der Waals surface area contributed by atoms with Crippen LogP contribution in [0.5, 0.6) is 5.75 Å². The van der Waals surface area contributed by atoms with E-state index in [9.17, 15) is 24.3 Å². The summed E-state index contributed by atoms with van der Waals surface area (Å²) < 4.78 is 0. The first-order chi connectivity index (χ1) is 20.9. The van der Waals surface area contributed by atoms with Gasteiger partial charge in [-0.3, -0.25) is 29.0 Å². The first-order valence-corrected chi connectivity index (χ1v) is 16.3. The number of imide groups is 2. The van der Waals surface area contributed by atoms with Crippen molar-refractivity contribution in [2.75, 3.05) is 0 Å². The lowest BCUT2D eigenvalue weighted by molar-refractivity contribution is -0.142. The number of thiophene rings is 2. The van der Waals surface area contributed by atoms with Gasteiger partial charge in [0.15, 0.2) is 0 Å². The molecular weight excluding hydrogens is 581 g/mol. The number of nitrogens with zero attached hydrogens (tertiary/aromatic N) is 2. The summed E-state index contributed by atoms with van der Waals surface area (Å²) in [5.74, 6) is -4.18. The van der Waals surface area contributed by atoms with Gasteiger partial charge in [-0.15, -0.1) is 22.7 Å². The molecule has 6 atom stereocenters. The molecule has 4 heterocycles. The Hall–Kier alpha value is -4.08. The van der Waals surface area contributed by atoms with E-state index in [2.05, 4.69) is 0 Å². The molecule has 1 saturated carbocycles. The van der Waals surface area contributed by atoms with E-state index in [1.54, 1.807) is 6.07 Å². The molecule has 216 valence electrons. The average molecular weight is 609 g/mol. The third kappa shape index (κ3) is 3.98. The van der Waals surface area contributed by atoms with E-state index < -0.39 is 29.6 Å². The third-order valence-corrected chi connectivity index (χ3v) is 11.6. The largest absolute Gasteiger partial charge is 0.508 e. The maximum absolute atomic E-state index is 14.2. The van der Waals surface area contributed by atoms with Crippen molar-refractivity contribution in [3.63, 3.8) is 0 Å². The smallest absolute Gasteiger partial charge is 0.234 e. The second-order valence-electron chi connectivity index (χ2n) is 11.9. The summed E-state index contributed by atoms with van der Waals surface area (Å²) in [7, 11) is 0. The molecule has 2 saturated heterocycles. The van der Waals surface area contributed by atoms with Crippen molar-refractivity contribution in [3.05, 3.63) is 98.4 Å². The first-order valence-electron chi connectivity index (χ1n) is 14.6. The van der Waals surface area contributed by atoms with Gasteiger partial charge in [-0.1, -0.05) is 54.1 Å². The summed E-state index contributed by atoms with van der Waals surface area (Å²) in [5.41, 5.74) is 1.52. The SMILES string of the molecule is O=C1C2CC=C3C(CC4C(=O)N(Cc5cccs5)C(=O)C4C3c3c(O)ccc4ccccc34)C2C(=O)N1Cc1cccs1. The second kappa shape index (κ2) is 9.99. The lowest BCUT2D eigenvalue weighted by Gasteiger charge is -2.44. The highest BCUT2D eigenvalue weighted by Crippen LogP contribution is 2.59. The molecule has 43 heavy (non-hydrogen) atoms. The van der Waals surface area contributed by atoms with Crippen molar-refractivity contribution in [1.82, 2.24) is 9.80 Å². The quantitative estimate of drug-likeness (QED) is 0.232. The third-order valence-electron chi connectivity index (χ3n) is 9.88. The topological polar surface area (TPSA) is 95.0 Å². The van der Waals surface area contributed by atoms with Crippen molar-refractivity contribution in [1.29, 1.82) is 0 Å². The van der Waals surface area contributed by atoms with Gasteiger partial charge in [0.2, 0.25) is 23.6 Å². The van der Waals surface area contributed by atoms with E-state index in [-0.39, 0.29) is 48.4 Å². The van der Waals surface area contributed by atoms with Crippen LogP contribution in [-0.2, 0) is 32.3 Å². The first kappa shape index (κ1) is 26.5. The summed E-state index contributed by atoms with van der Waals surface area (Å²) in [4.78, 5) is 60.6. The van der Waals surface area contributed by atoms with Crippen LogP contribution in [0.2, 0.25) is 0 Å². The molecule has 6 unspecified atom stereocenters. The van der Waals surface area contributed by atoms with E-state index in [4.69, 9.17) is 0 Å². The lowest BCUT2D eigenvalue weighted by Crippen LogP contribution is -2.43. The van der Waals surface area contributed by atoms with E-state index in [0.717, 1.165) is 26.1 Å². The Bertz CT molecular complexity index is 1830. The lowest BCUT2D eigenvalue weighted by atomic mass is 9.56. The summed E-state index contributed by atoms with van der Waals surface area (Å²) in [6.07, 6.45) is 2.76. The number of carbonyl (C=O) groups is 4. The number of fused-ring (bicyclic) bond motifs is 5. The number of phenolic OH excluding ortho intramolecular Hbond substituents is 1. The maximum atomic E-state index is 14.2. The minimum atomic E-state index is -0.697. The number of rotatable bonds is 5. The van der Waals surface area contributed by atoms with Crippen molar-refractivity contribution >= 4 is 57.1 Å². The van der Waals surface area contributed by atoms with Gasteiger partial charge in [-0.2, -0.15) is 0 Å². The van der Waals surface area contributed by atoms with Gasteiger partial charge in [0, 0.05) is 21.2 Å². The number of allylic oxidation sites excluding steroid dienone is 2.